The number of fused-ring (bicyclic) bond motifs is 1. The summed E-state index contributed by atoms with van der Waals surface area (Å²) in [6, 6.07) is 12.4. The van der Waals surface area contributed by atoms with Crippen LogP contribution in [0.3, 0.4) is 0 Å². The number of nitrogens with zero attached hydrogens (tertiary/aromatic N) is 5. The van der Waals surface area contributed by atoms with Crippen molar-refractivity contribution in [3.63, 3.8) is 0 Å². The van der Waals surface area contributed by atoms with E-state index in [0.29, 0.717) is 18.4 Å². The van der Waals surface area contributed by atoms with Gasteiger partial charge in [0.1, 0.15) is 11.5 Å². The Bertz CT molecular complexity index is 1080. The smallest absolute Gasteiger partial charge is 0.260 e. The lowest BCUT2D eigenvalue weighted by molar-refractivity contribution is 0.0996. The minimum absolute atomic E-state index is 0.0284. The fourth-order valence-electron chi connectivity index (χ4n) is 4.45. The molecule has 4 heterocycles. The molecule has 6 nitrogen and oxygen atoms in total. The van der Waals surface area contributed by atoms with E-state index in [4.69, 9.17) is 4.98 Å². The van der Waals surface area contributed by atoms with Crippen molar-refractivity contribution in [1.82, 2.24) is 14.5 Å². The zero-order valence-corrected chi connectivity index (χ0v) is 17.6. The lowest BCUT2D eigenvalue weighted by Gasteiger charge is -2.29. The summed E-state index contributed by atoms with van der Waals surface area (Å²) in [6.45, 7) is 6.94. The highest BCUT2D eigenvalue weighted by molar-refractivity contribution is 6.10. The van der Waals surface area contributed by atoms with Gasteiger partial charge in [-0.3, -0.25) is 9.69 Å². The van der Waals surface area contributed by atoms with Crippen LogP contribution in [0.1, 0.15) is 55.1 Å². The minimum atomic E-state index is 0.0284. The molecule has 6 heteroatoms. The van der Waals surface area contributed by atoms with Gasteiger partial charge in [-0.2, -0.15) is 0 Å². The highest BCUT2D eigenvalue weighted by atomic mass is 16.2. The van der Waals surface area contributed by atoms with Gasteiger partial charge in [-0.05, 0) is 62.9 Å². The Morgan fingerprint density at radius 2 is 1.87 bits per heavy atom. The molecule has 1 aromatic carbocycles. The number of hydrogen-bond acceptors (Lipinski definition) is 4. The Morgan fingerprint density at radius 1 is 1.03 bits per heavy atom. The zero-order valence-electron chi connectivity index (χ0n) is 17.6. The van der Waals surface area contributed by atoms with Crippen LogP contribution in [0.15, 0.2) is 48.8 Å². The average molecular weight is 402 g/mol. The zero-order chi connectivity index (χ0) is 20.7. The van der Waals surface area contributed by atoms with E-state index in [1.54, 1.807) is 11.1 Å². The molecule has 1 saturated heterocycles. The summed E-state index contributed by atoms with van der Waals surface area (Å²) in [7, 11) is 0. The number of rotatable bonds is 4. The third-order valence-corrected chi connectivity index (χ3v) is 6.08. The number of anilines is 2. The number of carbonyl (C=O) groups is 1. The third kappa shape index (κ3) is 3.26. The summed E-state index contributed by atoms with van der Waals surface area (Å²) in [5.41, 5.74) is 3.80. The van der Waals surface area contributed by atoms with E-state index in [1.807, 2.05) is 24.4 Å². The maximum Gasteiger partial charge on any atom is 0.260 e. The van der Waals surface area contributed by atoms with Crippen LogP contribution in [0.5, 0.6) is 0 Å². The first-order valence-corrected chi connectivity index (χ1v) is 10.8. The molecular weight excluding hydrogens is 374 g/mol. The van der Waals surface area contributed by atoms with E-state index in [-0.39, 0.29) is 5.91 Å². The molecule has 0 aliphatic carbocycles. The lowest BCUT2D eigenvalue weighted by atomic mass is 10.1. The van der Waals surface area contributed by atoms with Gasteiger partial charge in [0.15, 0.2) is 5.82 Å². The van der Waals surface area contributed by atoms with Crippen molar-refractivity contribution in [1.29, 1.82) is 0 Å². The second kappa shape index (κ2) is 7.59. The molecule has 0 saturated carbocycles. The van der Waals surface area contributed by atoms with Gasteiger partial charge in [-0.15, -0.1) is 0 Å². The van der Waals surface area contributed by atoms with Gasteiger partial charge in [0, 0.05) is 42.8 Å². The number of piperidine rings is 1. The van der Waals surface area contributed by atoms with Crippen molar-refractivity contribution in [2.75, 3.05) is 22.9 Å². The Kier molecular flexibility index (Phi) is 4.77. The number of imidazole rings is 1. The average Bonchev–Trinajstić information content (AvgIpc) is 3.40. The fraction of sp³-hybridized carbons (Fsp3) is 0.375. The number of amides is 1. The van der Waals surface area contributed by atoms with Crippen LogP contribution in [-0.2, 0) is 6.54 Å². The number of benzene rings is 1. The predicted molar refractivity (Wildman–Crippen MR) is 119 cm³/mol. The molecule has 0 bridgehead atoms. The maximum absolute atomic E-state index is 13.3. The highest BCUT2D eigenvalue weighted by Gasteiger charge is 2.30. The molecule has 2 aromatic heterocycles. The van der Waals surface area contributed by atoms with E-state index < -0.39 is 0 Å². The van der Waals surface area contributed by atoms with Crippen LogP contribution < -0.4 is 9.80 Å². The first kappa shape index (κ1) is 18.9. The molecule has 0 unspecified atom stereocenters. The normalized spacial score (nSPS) is 16.4. The topological polar surface area (TPSA) is 54.3 Å². The van der Waals surface area contributed by atoms with Crippen LogP contribution in [0.25, 0.3) is 11.5 Å². The van der Waals surface area contributed by atoms with E-state index >= 15 is 0 Å². The molecule has 5 rings (SSSR count). The highest BCUT2D eigenvalue weighted by Crippen LogP contribution is 2.32. The minimum Gasteiger partial charge on any atom is -0.372 e. The van der Waals surface area contributed by atoms with E-state index in [1.165, 1.54) is 19.3 Å². The number of aromatic nitrogens is 3. The van der Waals surface area contributed by atoms with Crippen molar-refractivity contribution >= 4 is 17.4 Å². The molecule has 1 amide bonds. The third-order valence-electron chi connectivity index (χ3n) is 6.08. The summed E-state index contributed by atoms with van der Waals surface area (Å²) in [5, 5.41) is 0. The van der Waals surface area contributed by atoms with Crippen molar-refractivity contribution in [2.24, 2.45) is 0 Å². The quantitative estimate of drug-likeness (QED) is 0.637. The summed E-state index contributed by atoms with van der Waals surface area (Å²) in [4.78, 5) is 26.7. The van der Waals surface area contributed by atoms with E-state index in [9.17, 15) is 4.79 Å². The Balaban J connectivity index is 1.44. The maximum atomic E-state index is 13.3. The monoisotopic (exact) mass is 401 g/mol. The van der Waals surface area contributed by atoms with Gasteiger partial charge in [-0.1, -0.05) is 12.1 Å². The van der Waals surface area contributed by atoms with Crippen molar-refractivity contribution in [3.05, 3.63) is 59.9 Å². The second-order valence-corrected chi connectivity index (χ2v) is 8.41. The largest absolute Gasteiger partial charge is 0.372 e. The van der Waals surface area contributed by atoms with Crippen LogP contribution in [-0.4, -0.2) is 33.5 Å². The standard InChI is InChI=1S/C24H27N5O/c1-17(2)28-14-11-25-23(28)21-7-6-8-22(26-21)29-16-18-9-10-19(15-20(18)24(29)30)27-12-4-3-5-13-27/h6-11,14-15,17H,3-5,12-13,16H2,1-2H3. The van der Waals surface area contributed by atoms with Gasteiger partial charge in [0.05, 0.1) is 6.54 Å². The molecule has 2 aliphatic rings. The SMILES string of the molecule is CC(C)n1ccnc1-c1cccc(N2Cc3ccc(N4CCCCC4)cc3C2=O)n1. The molecule has 3 aromatic rings. The van der Waals surface area contributed by atoms with Gasteiger partial charge >= 0.3 is 0 Å². The molecule has 0 N–H and O–H groups in total. The van der Waals surface area contributed by atoms with E-state index in [2.05, 4.69) is 46.5 Å². The molecule has 30 heavy (non-hydrogen) atoms. The van der Waals surface area contributed by atoms with Gasteiger partial charge in [0.25, 0.3) is 5.91 Å². The second-order valence-electron chi connectivity index (χ2n) is 8.41. The predicted octanol–water partition coefficient (Wildman–Crippen LogP) is 4.68. The van der Waals surface area contributed by atoms with E-state index in [0.717, 1.165) is 41.4 Å². The molecule has 1 fully saturated rings. The Labute approximate surface area is 177 Å². The number of carbonyl (C=O) groups excluding carboxylic acids is 1. The summed E-state index contributed by atoms with van der Waals surface area (Å²) < 4.78 is 2.09. The van der Waals surface area contributed by atoms with Crippen molar-refractivity contribution in [3.8, 4) is 11.5 Å². The molecule has 2 aliphatic heterocycles. The Hall–Kier alpha value is -3.15. The van der Waals surface area contributed by atoms with Crippen molar-refractivity contribution in [2.45, 2.75) is 45.7 Å². The number of pyridine rings is 1. The summed E-state index contributed by atoms with van der Waals surface area (Å²) in [5.74, 6) is 1.52. The molecule has 0 atom stereocenters. The first-order valence-electron chi connectivity index (χ1n) is 10.8. The summed E-state index contributed by atoms with van der Waals surface area (Å²) >= 11 is 0. The molecular formula is C24H27N5O. The van der Waals surface area contributed by atoms with Crippen LogP contribution in [0, 0.1) is 0 Å². The Morgan fingerprint density at radius 3 is 2.67 bits per heavy atom. The molecule has 154 valence electrons. The van der Waals surface area contributed by atoms with Gasteiger partial charge in [0.2, 0.25) is 0 Å². The van der Waals surface area contributed by atoms with Gasteiger partial charge in [-0.25, -0.2) is 9.97 Å². The fourth-order valence-corrected chi connectivity index (χ4v) is 4.45. The molecule has 0 spiro atoms. The van der Waals surface area contributed by atoms with Crippen LogP contribution in [0.2, 0.25) is 0 Å². The van der Waals surface area contributed by atoms with Crippen molar-refractivity contribution < 1.29 is 4.79 Å². The first-order chi connectivity index (χ1) is 14.6. The summed E-state index contributed by atoms with van der Waals surface area (Å²) in [6.07, 6.45) is 7.50. The lowest BCUT2D eigenvalue weighted by Crippen LogP contribution is -2.29. The van der Waals surface area contributed by atoms with Crippen LogP contribution in [0.4, 0.5) is 11.5 Å². The van der Waals surface area contributed by atoms with Gasteiger partial charge < -0.3 is 9.47 Å². The van der Waals surface area contributed by atoms with Crippen LogP contribution >= 0.6 is 0 Å². The number of hydrogen-bond donors (Lipinski definition) is 0. The molecule has 0 radical (unpaired) electrons.